The summed E-state index contributed by atoms with van der Waals surface area (Å²) >= 11 is 0. The summed E-state index contributed by atoms with van der Waals surface area (Å²) < 4.78 is 27.7. The van der Waals surface area contributed by atoms with Crippen molar-refractivity contribution in [3.05, 3.63) is 0 Å². The molecule has 76 valence electrons. The maximum Gasteiger partial charge on any atom is 0.270 e. The van der Waals surface area contributed by atoms with Gasteiger partial charge in [0.1, 0.15) is 0 Å². The van der Waals surface area contributed by atoms with Gasteiger partial charge in [-0.15, -0.1) is 0 Å². The largest absolute Gasteiger partial charge is 0.270 e. The van der Waals surface area contributed by atoms with Crippen molar-refractivity contribution in [2.24, 2.45) is 5.92 Å². The lowest BCUT2D eigenvalue weighted by atomic mass is 9.86. The molecule has 2 aliphatic rings. The second-order valence-corrected chi connectivity index (χ2v) is 5.87. The molecule has 0 bridgehead atoms. The van der Waals surface area contributed by atoms with Crippen LogP contribution in [0.1, 0.15) is 38.5 Å². The van der Waals surface area contributed by atoms with Gasteiger partial charge in [0.15, 0.2) is 0 Å². The van der Waals surface area contributed by atoms with Gasteiger partial charge in [-0.1, -0.05) is 19.3 Å². The van der Waals surface area contributed by atoms with Crippen LogP contribution in [0.4, 0.5) is 0 Å². The zero-order chi connectivity index (χ0) is 9.31. The molecule has 0 amide bonds. The molecule has 1 unspecified atom stereocenters. The summed E-state index contributed by atoms with van der Waals surface area (Å²) in [6, 6.07) is 0. The van der Waals surface area contributed by atoms with Crippen LogP contribution in [0.2, 0.25) is 0 Å². The van der Waals surface area contributed by atoms with E-state index in [1.807, 2.05) is 0 Å². The van der Waals surface area contributed by atoms with E-state index >= 15 is 0 Å². The van der Waals surface area contributed by atoms with Gasteiger partial charge in [-0.3, -0.25) is 4.18 Å². The van der Waals surface area contributed by atoms with Gasteiger partial charge in [0, 0.05) is 0 Å². The van der Waals surface area contributed by atoms with Gasteiger partial charge < -0.3 is 0 Å². The molecule has 2 rings (SSSR count). The summed E-state index contributed by atoms with van der Waals surface area (Å²) in [5.41, 5.74) is 0. The summed E-state index contributed by atoms with van der Waals surface area (Å²) in [7, 11) is -3.19. The molecule has 1 saturated heterocycles. The standard InChI is InChI=1S/C9H16O3S/c10-13(11)9(6-7-12-13)8-4-2-1-3-5-8/h8-9H,1-7H2. The summed E-state index contributed by atoms with van der Waals surface area (Å²) in [6.07, 6.45) is 6.52. The molecule has 1 atom stereocenters. The van der Waals surface area contributed by atoms with Crippen molar-refractivity contribution in [2.75, 3.05) is 6.61 Å². The Hall–Kier alpha value is -0.0900. The molecule has 1 aliphatic carbocycles. The van der Waals surface area contributed by atoms with Gasteiger partial charge in [0.25, 0.3) is 10.1 Å². The van der Waals surface area contributed by atoms with Crippen molar-refractivity contribution >= 4 is 10.1 Å². The lowest BCUT2D eigenvalue weighted by Crippen LogP contribution is -2.27. The first-order chi connectivity index (χ1) is 6.20. The minimum Gasteiger partial charge on any atom is -0.270 e. The molecule has 4 heteroatoms. The van der Waals surface area contributed by atoms with Crippen molar-refractivity contribution in [1.29, 1.82) is 0 Å². The van der Waals surface area contributed by atoms with E-state index in [0.29, 0.717) is 18.9 Å². The minimum absolute atomic E-state index is 0.187. The fourth-order valence-corrected chi connectivity index (χ4v) is 4.12. The third-order valence-corrected chi connectivity index (χ3v) is 5.05. The van der Waals surface area contributed by atoms with E-state index in [4.69, 9.17) is 4.18 Å². The molecule has 13 heavy (non-hydrogen) atoms. The zero-order valence-electron chi connectivity index (χ0n) is 7.74. The Balaban J connectivity index is 2.07. The lowest BCUT2D eigenvalue weighted by molar-refractivity contribution is 0.337. The van der Waals surface area contributed by atoms with E-state index in [2.05, 4.69) is 0 Å². The number of hydrogen-bond acceptors (Lipinski definition) is 3. The molecule has 3 nitrogen and oxygen atoms in total. The summed E-state index contributed by atoms with van der Waals surface area (Å²) in [5, 5.41) is -0.187. The maximum absolute atomic E-state index is 11.4. The fourth-order valence-electron chi connectivity index (χ4n) is 2.49. The monoisotopic (exact) mass is 204 g/mol. The number of rotatable bonds is 1. The second-order valence-electron chi connectivity index (χ2n) is 4.04. The Labute approximate surface area is 79.6 Å². The summed E-state index contributed by atoms with van der Waals surface area (Å²) in [5.74, 6) is 0.376. The van der Waals surface area contributed by atoms with Crippen LogP contribution < -0.4 is 0 Å². The van der Waals surface area contributed by atoms with Crippen molar-refractivity contribution in [1.82, 2.24) is 0 Å². The zero-order valence-corrected chi connectivity index (χ0v) is 8.55. The minimum atomic E-state index is -3.19. The van der Waals surface area contributed by atoms with Crippen LogP contribution in [0.5, 0.6) is 0 Å². The highest BCUT2D eigenvalue weighted by atomic mass is 32.2. The molecule has 0 aromatic carbocycles. The van der Waals surface area contributed by atoms with Crippen LogP contribution in [0.25, 0.3) is 0 Å². The first-order valence-corrected chi connectivity index (χ1v) is 6.55. The average Bonchev–Trinajstić information content (AvgIpc) is 2.47. The molecule has 1 saturated carbocycles. The van der Waals surface area contributed by atoms with Crippen LogP contribution in [-0.2, 0) is 14.3 Å². The second kappa shape index (κ2) is 3.58. The first kappa shape index (κ1) is 9.46. The molecule has 0 radical (unpaired) electrons. The van der Waals surface area contributed by atoms with E-state index in [0.717, 1.165) is 12.8 Å². The van der Waals surface area contributed by atoms with E-state index in [1.54, 1.807) is 0 Å². The smallest absolute Gasteiger partial charge is 0.270 e. The molecule has 0 spiro atoms. The Kier molecular flexibility index (Phi) is 2.60. The molecule has 1 aliphatic heterocycles. The van der Waals surface area contributed by atoms with Crippen molar-refractivity contribution < 1.29 is 12.6 Å². The van der Waals surface area contributed by atoms with Crippen LogP contribution in [-0.4, -0.2) is 20.3 Å². The Bertz CT molecular complexity index is 265. The van der Waals surface area contributed by atoms with E-state index < -0.39 is 10.1 Å². The van der Waals surface area contributed by atoms with Gasteiger partial charge >= 0.3 is 0 Å². The maximum atomic E-state index is 11.4. The topological polar surface area (TPSA) is 43.4 Å². The van der Waals surface area contributed by atoms with E-state index in [9.17, 15) is 8.42 Å². The van der Waals surface area contributed by atoms with Crippen LogP contribution in [0.15, 0.2) is 0 Å². The molecule has 2 fully saturated rings. The predicted molar refractivity (Wildman–Crippen MR) is 49.9 cm³/mol. The van der Waals surface area contributed by atoms with Crippen LogP contribution in [0.3, 0.4) is 0 Å². The quantitative estimate of drug-likeness (QED) is 0.610. The molecular formula is C9H16O3S. The van der Waals surface area contributed by atoms with Gasteiger partial charge in [-0.2, -0.15) is 8.42 Å². The van der Waals surface area contributed by atoms with Crippen molar-refractivity contribution in [2.45, 2.75) is 43.8 Å². The normalized spacial score (nSPS) is 34.9. The molecule has 0 N–H and O–H groups in total. The molecule has 1 heterocycles. The van der Waals surface area contributed by atoms with Gasteiger partial charge in [0.2, 0.25) is 0 Å². The molecular weight excluding hydrogens is 188 g/mol. The first-order valence-electron chi connectivity index (χ1n) is 5.08. The van der Waals surface area contributed by atoms with Gasteiger partial charge in [-0.25, -0.2) is 0 Å². The van der Waals surface area contributed by atoms with E-state index in [1.165, 1.54) is 19.3 Å². The highest BCUT2D eigenvalue weighted by Crippen LogP contribution is 2.34. The Morgan fingerprint density at radius 2 is 1.69 bits per heavy atom. The molecule has 0 aromatic heterocycles. The lowest BCUT2D eigenvalue weighted by Gasteiger charge is -2.25. The van der Waals surface area contributed by atoms with Crippen molar-refractivity contribution in [3.8, 4) is 0 Å². The Morgan fingerprint density at radius 3 is 2.23 bits per heavy atom. The van der Waals surface area contributed by atoms with Crippen molar-refractivity contribution in [3.63, 3.8) is 0 Å². The van der Waals surface area contributed by atoms with Gasteiger partial charge in [0.05, 0.1) is 11.9 Å². The highest BCUT2D eigenvalue weighted by molar-refractivity contribution is 7.87. The predicted octanol–water partition coefficient (Wildman–Crippen LogP) is 1.69. The highest BCUT2D eigenvalue weighted by Gasteiger charge is 2.38. The third kappa shape index (κ3) is 1.89. The fraction of sp³-hybridized carbons (Fsp3) is 1.00. The van der Waals surface area contributed by atoms with E-state index in [-0.39, 0.29) is 5.25 Å². The number of hydrogen-bond donors (Lipinski definition) is 0. The summed E-state index contributed by atoms with van der Waals surface area (Å²) in [6.45, 7) is 0.406. The SMILES string of the molecule is O=S1(=O)OCCC1C1CCCCC1. The summed E-state index contributed by atoms with van der Waals surface area (Å²) in [4.78, 5) is 0. The third-order valence-electron chi connectivity index (χ3n) is 3.20. The Morgan fingerprint density at radius 1 is 1.00 bits per heavy atom. The molecule has 0 aromatic rings. The van der Waals surface area contributed by atoms with Crippen LogP contribution >= 0.6 is 0 Å². The average molecular weight is 204 g/mol. The van der Waals surface area contributed by atoms with Gasteiger partial charge in [-0.05, 0) is 25.2 Å². The van der Waals surface area contributed by atoms with Crippen LogP contribution in [0, 0.1) is 5.92 Å².